The molecule has 88 valence electrons. The van der Waals surface area contributed by atoms with E-state index in [4.69, 9.17) is 11.6 Å². The van der Waals surface area contributed by atoms with Gasteiger partial charge < -0.3 is 5.32 Å². The van der Waals surface area contributed by atoms with Crippen molar-refractivity contribution in [1.82, 2.24) is 9.78 Å². The van der Waals surface area contributed by atoms with Crippen LogP contribution in [-0.2, 0) is 0 Å². The zero-order valence-electron chi connectivity index (χ0n) is 8.92. The number of para-hydroxylation sites is 1. The molecule has 1 heterocycles. The van der Waals surface area contributed by atoms with E-state index in [1.54, 1.807) is 31.3 Å². The third-order valence-electron chi connectivity index (χ3n) is 2.26. The van der Waals surface area contributed by atoms with E-state index < -0.39 is 4.92 Å². The Morgan fingerprint density at radius 1 is 1.47 bits per heavy atom. The summed E-state index contributed by atoms with van der Waals surface area (Å²) in [5.74, 6) is 0.295. The monoisotopic (exact) mass is 252 g/mol. The molecule has 6 nitrogen and oxygen atoms in total. The van der Waals surface area contributed by atoms with E-state index in [0.29, 0.717) is 16.5 Å². The van der Waals surface area contributed by atoms with Crippen LogP contribution >= 0.6 is 11.6 Å². The number of nitro groups is 1. The van der Waals surface area contributed by atoms with Gasteiger partial charge in [0.05, 0.1) is 15.6 Å². The lowest BCUT2D eigenvalue weighted by Gasteiger charge is -2.07. The maximum Gasteiger partial charge on any atom is 0.331 e. The highest BCUT2D eigenvalue weighted by Gasteiger charge is 2.21. The van der Waals surface area contributed by atoms with Gasteiger partial charge in [-0.25, -0.2) is 4.68 Å². The number of benzene rings is 1. The number of hydrogen-bond acceptors (Lipinski definition) is 4. The van der Waals surface area contributed by atoms with Crippen molar-refractivity contribution in [3.63, 3.8) is 0 Å². The van der Waals surface area contributed by atoms with Gasteiger partial charge in [0.15, 0.2) is 0 Å². The van der Waals surface area contributed by atoms with E-state index in [1.807, 2.05) is 0 Å². The molecule has 0 aliphatic rings. The first kappa shape index (κ1) is 11.4. The van der Waals surface area contributed by atoms with Gasteiger partial charge in [0.1, 0.15) is 6.20 Å². The van der Waals surface area contributed by atoms with Gasteiger partial charge in [-0.1, -0.05) is 23.7 Å². The number of nitrogens with one attached hydrogen (secondary N) is 1. The Balaban J connectivity index is 2.61. The molecule has 1 N–H and O–H groups in total. The van der Waals surface area contributed by atoms with Crippen molar-refractivity contribution in [3.8, 4) is 5.69 Å². The number of hydrogen-bond donors (Lipinski definition) is 1. The van der Waals surface area contributed by atoms with Crippen LogP contribution in [0.2, 0.25) is 5.02 Å². The van der Waals surface area contributed by atoms with E-state index in [1.165, 1.54) is 10.9 Å². The minimum Gasteiger partial charge on any atom is -0.367 e. The lowest BCUT2D eigenvalue weighted by atomic mass is 10.3. The molecule has 1 aromatic heterocycles. The Hall–Kier alpha value is -2.08. The molecule has 0 saturated carbocycles. The van der Waals surface area contributed by atoms with E-state index in [-0.39, 0.29) is 5.69 Å². The van der Waals surface area contributed by atoms with Crippen LogP contribution in [0, 0.1) is 10.1 Å². The Bertz CT molecular complexity index is 567. The fourth-order valence-corrected chi connectivity index (χ4v) is 1.73. The number of rotatable bonds is 3. The third-order valence-corrected chi connectivity index (χ3v) is 2.58. The predicted molar refractivity (Wildman–Crippen MR) is 64.8 cm³/mol. The minimum atomic E-state index is -0.494. The first-order valence-corrected chi connectivity index (χ1v) is 5.18. The molecule has 0 unspecified atom stereocenters. The molecule has 0 saturated heterocycles. The first-order chi connectivity index (χ1) is 8.15. The first-order valence-electron chi connectivity index (χ1n) is 4.80. The molecule has 2 rings (SSSR count). The van der Waals surface area contributed by atoms with Gasteiger partial charge in [0.2, 0.25) is 5.82 Å². The largest absolute Gasteiger partial charge is 0.367 e. The summed E-state index contributed by atoms with van der Waals surface area (Å²) < 4.78 is 1.40. The lowest BCUT2D eigenvalue weighted by Crippen LogP contribution is -2.04. The van der Waals surface area contributed by atoms with Gasteiger partial charge in [0, 0.05) is 7.05 Å². The topological polar surface area (TPSA) is 73.0 Å². The normalized spacial score (nSPS) is 10.2. The van der Waals surface area contributed by atoms with Crippen molar-refractivity contribution in [1.29, 1.82) is 0 Å². The summed E-state index contributed by atoms with van der Waals surface area (Å²) >= 11 is 6.02. The van der Waals surface area contributed by atoms with E-state index in [9.17, 15) is 10.1 Å². The molecular weight excluding hydrogens is 244 g/mol. The summed E-state index contributed by atoms with van der Waals surface area (Å²) in [5.41, 5.74) is 0.499. The van der Waals surface area contributed by atoms with Crippen molar-refractivity contribution in [2.45, 2.75) is 0 Å². The van der Waals surface area contributed by atoms with Crippen LogP contribution in [0.15, 0.2) is 30.5 Å². The van der Waals surface area contributed by atoms with Gasteiger partial charge in [-0.15, -0.1) is 0 Å². The van der Waals surface area contributed by atoms with E-state index >= 15 is 0 Å². The molecule has 1 aromatic carbocycles. The summed E-state index contributed by atoms with van der Waals surface area (Å²) in [6.45, 7) is 0. The Kier molecular flexibility index (Phi) is 2.97. The van der Waals surface area contributed by atoms with E-state index in [2.05, 4.69) is 10.4 Å². The number of anilines is 1. The van der Waals surface area contributed by atoms with Crippen LogP contribution in [0.25, 0.3) is 5.69 Å². The summed E-state index contributed by atoms with van der Waals surface area (Å²) in [6, 6.07) is 7.00. The van der Waals surface area contributed by atoms with Gasteiger partial charge >= 0.3 is 5.69 Å². The molecular formula is C10H9ClN4O2. The van der Waals surface area contributed by atoms with Crippen molar-refractivity contribution >= 4 is 23.1 Å². The Morgan fingerprint density at radius 2 is 2.18 bits per heavy atom. The van der Waals surface area contributed by atoms with Crippen LogP contribution in [0.3, 0.4) is 0 Å². The second-order valence-corrected chi connectivity index (χ2v) is 3.66. The highest BCUT2D eigenvalue weighted by atomic mass is 35.5. The van der Waals surface area contributed by atoms with Gasteiger partial charge in [0.25, 0.3) is 0 Å². The summed E-state index contributed by atoms with van der Waals surface area (Å²) in [6.07, 6.45) is 1.19. The van der Waals surface area contributed by atoms with Gasteiger partial charge in [-0.05, 0) is 12.1 Å². The zero-order chi connectivity index (χ0) is 12.4. The maximum absolute atomic E-state index is 10.8. The van der Waals surface area contributed by atoms with Crippen LogP contribution in [0.5, 0.6) is 0 Å². The SMILES string of the molecule is CNc1c([N+](=O)[O-])cnn1-c1ccccc1Cl. The maximum atomic E-state index is 10.8. The van der Waals surface area contributed by atoms with Crippen molar-refractivity contribution in [3.05, 3.63) is 45.6 Å². The Labute approximate surface area is 102 Å². The second kappa shape index (κ2) is 4.42. The lowest BCUT2D eigenvalue weighted by molar-refractivity contribution is -0.384. The average Bonchev–Trinajstić information content (AvgIpc) is 2.73. The van der Waals surface area contributed by atoms with Gasteiger partial charge in [-0.2, -0.15) is 5.10 Å². The fraction of sp³-hybridized carbons (Fsp3) is 0.100. The molecule has 0 spiro atoms. The highest BCUT2D eigenvalue weighted by molar-refractivity contribution is 6.32. The second-order valence-electron chi connectivity index (χ2n) is 3.25. The highest BCUT2D eigenvalue weighted by Crippen LogP contribution is 2.29. The smallest absolute Gasteiger partial charge is 0.331 e. The van der Waals surface area contributed by atoms with Crippen LogP contribution in [0.1, 0.15) is 0 Å². The molecule has 0 fully saturated rings. The standard InChI is InChI=1S/C10H9ClN4O2/c1-12-10-9(15(16)17)6-13-14(10)8-5-3-2-4-7(8)11/h2-6,12H,1H3. The molecule has 0 atom stereocenters. The predicted octanol–water partition coefficient (Wildman–Crippen LogP) is 2.48. The quantitative estimate of drug-likeness (QED) is 0.673. The molecule has 2 aromatic rings. The van der Waals surface area contributed by atoms with Crippen molar-refractivity contribution in [2.75, 3.05) is 12.4 Å². The van der Waals surface area contributed by atoms with Crippen LogP contribution < -0.4 is 5.32 Å². The van der Waals surface area contributed by atoms with Crippen molar-refractivity contribution < 1.29 is 4.92 Å². The van der Waals surface area contributed by atoms with Crippen molar-refractivity contribution in [2.24, 2.45) is 0 Å². The molecule has 0 aliphatic heterocycles. The van der Waals surface area contributed by atoms with Gasteiger partial charge in [-0.3, -0.25) is 10.1 Å². The molecule has 17 heavy (non-hydrogen) atoms. The average molecular weight is 253 g/mol. The molecule has 0 radical (unpaired) electrons. The molecule has 7 heteroatoms. The minimum absolute atomic E-state index is 0.0904. The fourth-order valence-electron chi connectivity index (χ4n) is 1.51. The van der Waals surface area contributed by atoms with Crippen LogP contribution in [-0.4, -0.2) is 21.8 Å². The molecule has 0 aliphatic carbocycles. The number of nitrogens with zero attached hydrogens (tertiary/aromatic N) is 3. The van der Waals surface area contributed by atoms with Crippen LogP contribution in [0.4, 0.5) is 11.5 Å². The summed E-state index contributed by atoms with van der Waals surface area (Å²) in [7, 11) is 1.59. The summed E-state index contributed by atoms with van der Waals surface area (Å²) in [4.78, 5) is 10.3. The molecule has 0 amide bonds. The number of halogens is 1. The summed E-state index contributed by atoms with van der Waals surface area (Å²) in [5, 5.41) is 18.0. The van der Waals surface area contributed by atoms with E-state index in [0.717, 1.165) is 0 Å². The third kappa shape index (κ3) is 1.94. The molecule has 0 bridgehead atoms. The number of aromatic nitrogens is 2. The zero-order valence-corrected chi connectivity index (χ0v) is 9.68. The Morgan fingerprint density at radius 3 is 2.76 bits per heavy atom.